The molecule has 5 heteroatoms. The number of rotatable bonds is 6. The van der Waals surface area contributed by atoms with Crippen molar-refractivity contribution >= 4 is 11.6 Å². The quantitative estimate of drug-likeness (QED) is 0.514. The highest BCUT2D eigenvalue weighted by Crippen LogP contribution is 2.28. The third-order valence-electron chi connectivity index (χ3n) is 4.53. The molecule has 0 fully saturated rings. The zero-order valence-electron chi connectivity index (χ0n) is 16.1. The average Bonchev–Trinajstić information content (AvgIpc) is 3.20. The first kappa shape index (κ1) is 18.5. The SMILES string of the molecule is Cn1cc(-c2ccc(C(=O)Nc3ccccc3)c(OCc3ccccc3)c2)cn1. The van der Waals surface area contributed by atoms with E-state index in [4.69, 9.17) is 4.74 Å². The summed E-state index contributed by atoms with van der Waals surface area (Å²) in [5.41, 5.74) is 4.17. The minimum Gasteiger partial charge on any atom is -0.488 e. The van der Waals surface area contributed by atoms with Crippen LogP contribution in [0.25, 0.3) is 11.1 Å². The van der Waals surface area contributed by atoms with Crippen LogP contribution in [0.3, 0.4) is 0 Å². The summed E-state index contributed by atoms with van der Waals surface area (Å²) < 4.78 is 7.81. The molecule has 0 spiro atoms. The Balaban J connectivity index is 1.64. The molecule has 5 nitrogen and oxygen atoms in total. The Hall–Kier alpha value is -3.86. The van der Waals surface area contributed by atoms with Crippen molar-refractivity contribution < 1.29 is 9.53 Å². The first-order valence-corrected chi connectivity index (χ1v) is 9.35. The van der Waals surface area contributed by atoms with Crippen molar-refractivity contribution in [3.63, 3.8) is 0 Å². The van der Waals surface area contributed by atoms with Crippen LogP contribution in [-0.4, -0.2) is 15.7 Å². The van der Waals surface area contributed by atoms with E-state index in [0.29, 0.717) is 17.9 Å². The van der Waals surface area contributed by atoms with Gasteiger partial charge in [0.25, 0.3) is 5.91 Å². The van der Waals surface area contributed by atoms with Crippen molar-refractivity contribution in [1.29, 1.82) is 0 Å². The summed E-state index contributed by atoms with van der Waals surface area (Å²) >= 11 is 0. The van der Waals surface area contributed by atoms with Gasteiger partial charge in [0.15, 0.2) is 0 Å². The minimum atomic E-state index is -0.211. The Bertz CT molecular complexity index is 1110. The Morgan fingerprint density at radius 2 is 1.69 bits per heavy atom. The van der Waals surface area contributed by atoms with E-state index in [1.165, 1.54) is 0 Å². The highest BCUT2D eigenvalue weighted by molar-refractivity contribution is 6.06. The molecule has 1 heterocycles. The largest absolute Gasteiger partial charge is 0.488 e. The standard InChI is InChI=1S/C24H21N3O2/c1-27-16-20(15-25-27)19-12-13-22(24(28)26-21-10-6-3-7-11-21)23(14-19)29-17-18-8-4-2-5-9-18/h2-16H,17H2,1H3,(H,26,28). The Kier molecular flexibility index (Phi) is 5.38. The van der Waals surface area contributed by atoms with Crippen LogP contribution in [-0.2, 0) is 13.7 Å². The van der Waals surface area contributed by atoms with Crippen LogP contribution in [0.1, 0.15) is 15.9 Å². The maximum atomic E-state index is 12.9. The van der Waals surface area contributed by atoms with E-state index in [0.717, 1.165) is 22.4 Å². The van der Waals surface area contributed by atoms with E-state index in [1.807, 2.05) is 86.0 Å². The van der Waals surface area contributed by atoms with Gasteiger partial charge in [0.05, 0.1) is 11.8 Å². The van der Waals surface area contributed by atoms with Crippen LogP contribution in [0.15, 0.2) is 91.3 Å². The van der Waals surface area contributed by atoms with Gasteiger partial charge in [0.2, 0.25) is 0 Å². The molecule has 0 aliphatic carbocycles. The van der Waals surface area contributed by atoms with Crippen molar-refractivity contribution in [2.24, 2.45) is 7.05 Å². The molecule has 1 N–H and O–H groups in total. The molecule has 144 valence electrons. The van der Waals surface area contributed by atoms with Crippen molar-refractivity contribution in [2.45, 2.75) is 6.61 Å². The molecule has 1 aromatic heterocycles. The fourth-order valence-corrected chi connectivity index (χ4v) is 3.03. The molecule has 0 atom stereocenters. The number of para-hydroxylation sites is 1. The summed E-state index contributed by atoms with van der Waals surface area (Å²) in [7, 11) is 1.87. The highest BCUT2D eigenvalue weighted by atomic mass is 16.5. The molecule has 0 radical (unpaired) electrons. The van der Waals surface area contributed by atoms with Crippen molar-refractivity contribution in [3.8, 4) is 16.9 Å². The van der Waals surface area contributed by atoms with E-state index in [-0.39, 0.29) is 5.91 Å². The second-order valence-electron chi connectivity index (χ2n) is 6.71. The Morgan fingerprint density at radius 1 is 0.966 bits per heavy atom. The first-order valence-electron chi connectivity index (χ1n) is 9.35. The van der Waals surface area contributed by atoms with Gasteiger partial charge in [-0.05, 0) is 35.4 Å². The maximum Gasteiger partial charge on any atom is 0.259 e. The molecular weight excluding hydrogens is 362 g/mol. The predicted molar refractivity (Wildman–Crippen MR) is 114 cm³/mol. The van der Waals surface area contributed by atoms with Crippen LogP contribution in [0.5, 0.6) is 5.75 Å². The Morgan fingerprint density at radius 3 is 2.38 bits per heavy atom. The lowest BCUT2D eigenvalue weighted by atomic mass is 10.1. The highest BCUT2D eigenvalue weighted by Gasteiger charge is 2.15. The number of nitrogens with one attached hydrogen (secondary N) is 1. The van der Waals surface area contributed by atoms with Crippen molar-refractivity contribution in [2.75, 3.05) is 5.32 Å². The number of hydrogen-bond donors (Lipinski definition) is 1. The van der Waals surface area contributed by atoms with E-state index < -0.39 is 0 Å². The van der Waals surface area contributed by atoms with Gasteiger partial charge in [0, 0.05) is 24.5 Å². The number of benzene rings is 3. The summed E-state index contributed by atoms with van der Waals surface area (Å²) in [5.74, 6) is 0.320. The van der Waals surface area contributed by atoms with Crippen LogP contribution in [0.4, 0.5) is 5.69 Å². The molecule has 4 aromatic rings. The number of aryl methyl sites for hydroxylation is 1. The number of ether oxygens (including phenoxy) is 1. The van der Waals surface area contributed by atoms with Gasteiger partial charge in [-0.25, -0.2) is 0 Å². The Labute approximate surface area is 169 Å². The lowest BCUT2D eigenvalue weighted by Crippen LogP contribution is -2.13. The van der Waals surface area contributed by atoms with Crippen LogP contribution in [0, 0.1) is 0 Å². The van der Waals surface area contributed by atoms with Gasteiger partial charge in [-0.1, -0.05) is 54.6 Å². The molecule has 0 aliphatic heterocycles. The topological polar surface area (TPSA) is 56.2 Å². The zero-order valence-corrected chi connectivity index (χ0v) is 16.1. The van der Waals surface area contributed by atoms with Crippen LogP contribution >= 0.6 is 0 Å². The van der Waals surface area contributed by atoms with E-state index in [1.54, 1.807) is 16.9 Å². The van der Waals surface area contributed by atoms with E-state index in [9.17, 15) is 4.79 Å². The van der Waals surface area contributed by atoms with Crippen LogP contribution < -0.4 is 10.1 Å². The molecule has 0 bridgehead atoms. The van der Waals surface area contributed by atoms with Gasteiger partial charge in [-0.2, -0.15) is 5.10 Å². The summed E-state index contributed by atoms with van der Waals surface area (Å²) in [4.78, 5) is 12.9. The fraction of sp³-hybridized carbons (Fsp3) is 0.0833. The number of nitrogens with zero attached hydrogens (tertiary/aromatic N) is 2. The van der Waals surface area contributed by atoms with Crippen molar-refractivity contribution in [1.82, 2.24) is 9.78 Å². The first-order chi connectivity index (χ1) is 14.2. The minimum absolute atomic E-state index is 0.211. The monoisotopic (exact) mass is 383 g/mol. The maximum absolute atomic E-state index is 12.9. The number of anilines is 1. The molecule has 0 aliphatic rings. The number of carbonyl (C=O) groups is 1. The number of aromatic nitrogens is 2. The third-order valence-corrected chi connectivity index (χ3v) is 4.53. The van der Waals surface area contributed by atoms with Gasteiger partial charge in [-0.3, -0.25) is 9.48 Å². The molecule has 0 saturated carbocycles. The molecule has 29 heavy (non-hydrogen) atoms. The van der Waals surface area contributed by atoms with Gasteiger partial charge in [-0.15, -0.1) is 0 Å². The third kappa shape index (κ3) is 4.52. The van der Waals surface area contributed by atoms with Crippen LogP contribution in [0.2, 0.25) is 0 Å². The lowest BCUT2D eigenvalue weighted by Gasteiger charge is -2.13. The normalized spacial score (nSPS) is 10.5. The molecule has 0 unspecified atom stereocenters. The molecule has 1 amide bonds. The second kappa shape index (κ2) is 8.44. The summed E-state index contributed by atoms with van der Waals surface area (Å²) in [6.45, 7) is 0.378. The van der Waals surface area contributed by atoms with E-state index in [2.05, 4.69) is 10.4 Å². The van der Waals surface area contributed by atoms with Gasteiger partial charge < -0.3 is 10.1 Å². The van der Waals surface area contributed by atoms with E-state index >= 15 is 0 Å². The van der Waals surface area contributed by atoms with Crippen molar-refractivity contribution in [3.05, 3.63) is 102 Å². The molecule has 4 rings (SSSR count). The zero-order chi connectivity index (χ0) is 20.1. The number of amides is 1. The molecule has 3 aromatic carbocycles. The lowest BCUT2D eigenvalue weighted by molar-refractivity contribution is 0.102. The summed E-state index contributed by atoms with van der Waals surface area (Å²) in [6.07, 6.45) is 3.72. The molecular formula is C24H21N3O2. The molecule has 0 saturated heterocycles. The predicted octanol–water partition coefficient (Wildman–Crippen LogP) is 4.92. The summed E-state index contributed by atoms with van der Waals surface area (Å²) in [6, 6.07) is 24.9. The number of carbonyl (C=O) groups excluding carboxylic acids is 1. The average molecular weight is 383 g/mol. The number of hydrogen-bond acceptors (Lipinski definition) is 3. The van der Waals surface area contributed by atoms with Gasteiger partial charge in [0.1, 0.15) is 12.4 Å². The smallest absolute Gasteiger partial charge is 0.259 e. The summed E-state index contributed by atoms with van der Waals surface area (Å²) in [5, 5.41) is 7.15. The second-order valence-corrected chi connectivity index (χ2v) is 6.71. The van der Waals surface area contributed by atoms with Gasteiger partial charge >= 0.3 is 0 Å². The fourth-order valence-electron chi connectivity index (χ4n) is 3.03.